The Morgan fingerprint density at radius 3 is 2.12 bits per heavy atom. The van der Waals surface area contributed by atoms with Gasteiger partial charge in [-0.1, -0.05) is 46.8 Å². The fourth-order valence-corrected chi connectivity index (χ4v) is 12.6. The van der Waals surface area contributed by atoms with Crippen molar-refractivity contribution >= 4 is 11.8 Å². The minimum absolute atomic E-state index is 0.0215. The van der Waals surface area contributed by atoms with Crippen LogP contribution < -0.4 is 10.6 Å². The molecular weight excluding hydrogens is 520 g/mol. The van der Waals surface area contributed by atoms with E-state index in [9.17, 15) is 14.7 Å². The lowest BCUT2D eigenvalue weighted by molar-refractivity contribution is -0.246. The van der Waals surface area contributed by atoms with Crippen LogP contribution in [-0.2, 0) is 9.59 Å². The first kappa shape index (κ1) is 32.0. The van der Waals surface area contributed by atoms with Gasteiger partial charge in [-0.3, -0.25) is 9.59 Å². The van der Waals surface area contributed by atoms with Crippen molar-refractivity contribution in [1.29, 1.82) is 0 Å². The molecule has 0 saturated heterocycles. The number of hydrogen-bond donors (Lipinski definition) is 3. The minimum Gasteiger partial charge on any atom is -0.393 e. The zero-order chi connectivity index (χ0) is 30.7. The number of amides is 2. The zero-order valence-corrected chi connectivity index (χ0v) is 28.0. The normalized spacial score (nSPS) is 45.5. The first-order valence-corrected chi connectivity index (χ1v) is 17.5. The van der Waals surface area contributed by atoms with Crippen molar-refractivity contribution < 1.29 is 14.7 Å². The van der Waals surface area contributed by atoms with Crippen LogP contribution in [0.1, 0.15) is 132 Å². The molecule has 10 atom stereocenters. The van der Waals surface area contributed by atoms with Gasteiger partial charge in [0.25, 0.3) is 0 Å². The molecule has 0 radical (unpaired) electrons. The summed E-state index contributed by atoms with van der Waals surface area (Å²) in [7, 11) is 0. The van der Waals surface area contributed by atoms with Crippen LogP contribution in [0.3, 0.4) is 0 Å². The van der Waals surface area contributed by atoms with Crippen molar-refractivity contribution in [2.24, 2.45) is 56.7 Å². The molecule has 0 aromatic heterocycles. The second-order valence-electron chi connectivity index (χ2n) is 17.0. The number of aliphatic hydroxyl groups excluding tert-OH is 1. The van der Waals surface area contributed by atoms with Crippen molar-refractivity contribution in [1.82, 2.24) is 10.6 Å². The Labute approximate surface area is 256 Å². The highest BCUT2D eigenvalue weighted by atomic mass is 16.3. The van der Waals surface area contributed by atoms with Gasteiger partial charge in [-0.05, 0) is 142 Å². The minimum atomic E-state index is -0.259. The molecule has 0 heterocycles. The van der Waals surface area contributed by atoms with Gasteiger partial charge in [-0.15, -0.1) is 0 Å². The van der Waals surface area contributed by atoms with Gasteiger partial charge in [0.05, 0.1) is 11.5 Å². The van der Waals surface area contributed by atoms with Crippen LogP contribution in [0.2, 0.25) is 0 Å². The second-order valence-corrected chi connectivity index (χ2v) is 17.0. The quantitative estimate of drug-likeness (QED) is 0.206. The SMILES string of the molecule is C=C(C)[C@@H]1CC[C@]2(C(=O)NCCCCCNC(C)=O)CC[C@]3(C)C(CC[C@@H]4[C@@]5(C)CC[C@H](O)C(C)(C)[C@@H]5CC[C@]43C)C12. The van der Waals surface area contributed by atoms with Crippen LogP contribution in [0, 0.1) is 56.7 Å². The van der Waals surface area contributed by atoms with E-state index < -0.39 is 0 Å². The summed E-state index contributed by atoms with van der Waals surface area (Å²) >= 11 is 0. The predicted octanol–water partition coefficient (Wildman–Crippen LogP) is 7.43. The van der Waals surface area contributed by atoms with Crippen molar-refractivity contribution in [3.63, 3.8) is 0 Å². The van der Waals surface area contributed by atoms with Gasteiger partial charge in [0.1, 0.15) is 0 Å². The summed E-state index contributed by atoms with van der Waals surface area (Å²) in [6.07, 6.45) is 14.1. The monoisotopic (exact) mass is 582 g/mol. The molecule has 238 valence electrons. The number of nitrogens with one attached hydrogen (secondary N) is 2. The molecule has 5 saturated carbocycles. The molecule has 2 amide bonds. The predicted molar refractivity (Wildman–Crippen MR) is 171 cm³/mol. The Morgan fingerprint density at radius 2 is 1.45 bits per heavy atom. The van der Waals surface area contributed by atoms with E-state index in [0.29, 0.717) is 42.0 Å². The van der Waals surface area contributed by atoms with Gasteiger partial charge < -0.3 is 15.7 Å². The first-order valence-electron chi connectivity index (χ1n) is 17.5. The molecule has 0 aromatic carbocycles. The summed E-state index contributed by atoms with van der Waals surface area (Å²) in [5.74, 6) is 2.98. The summed E-state index contributed by atoms with van der Waals surface area (Å²) in [6.45, 7) is 22.3. The molecule has 5 fully saturated rings. The number of carbonyl (C=O) groups is 2. The average Bonchev–Trinajstić information content (AvgIpc) is 3.32. The van der Waals surface area contributed by atoms with E-state index in [2.05, 4.69) is 58.8 Å². The van der Waals surface area contributed by atoms with Crippen LogP contribution in [-0.4, -0.2) is 36.1 Å². The van der Waals surface area contributed by atoms with E-state index in [-0.39, 0.29) is 39.1 Å². The number of aliphatic hydroxyl groups is 1. The molecule has 0 bridgehead atoms. The highest BCUT2D eigenvalue weighted by Gasteiger charge is 2.71. The smallest absolute Gasteiger partial charge is 0.226 e. The van der Waals surface area contributed by atoms with E-state index in [1.807, 2.05) is 0 Å². The molecule has 0 spiro atoms. The van der Waals surface area contributed by atoms with E-state index >= 15 is 0 Å². The van der Waals surface area contributed by atoms with Gasteiger partial charge in [-0.2, -0.15) is 0 Å². The number of fused-ring (bicyclic) bond motifs is 7. The highest BCUT2D eigenvalue weighted by molar-refractivity contribution is 5.84. The van der Waals surface area contributed by atoms with Crippen LogP contribution >= 0.6 is 0 Å². The number of allylic oxidation sites excluding steroid dienone is 1. The summed E-state index contributed by atoms with van der Waals surface area (Å²) in [6, 6.07) is 0. The van der Waals surface area contributed by atoms with Crippen LogP contribution in [0.4, 0.5) is 0 Å². The summed E-state index contributed by atoms with van der Waals surface area (Å²) in [5.41, 5.74) is 1.76. The zero-order valence-electron chi connectivity index (χ0n) is 28.0. The summed E-state index contributed by atoms with van der Waals surface area (Å²) < 4.78 is 0. The average molecular weight is 583 g/mol. The molecule has 2 unspecified atom stereocenters. The summed E-state index contributed by atoms with van der Waals surface area (Å²) in [5, 5.41) is 17.3. The Bertz CT molecular complexity index is 1070. The van der Waals surface area contributed by atoms with E-state index in [0.717, 1.165) is 64.3 Å². The second kappa shape index (κ2) is 11.2. The van der Waals surface area contributed by atoms with Gasteiger partial charge in [0.2, 0.25) is 11.8 Å². The van der Waals surface area contributed by atoms with Crippen LogP contribution in [0.25, 0.3) is 0 Å². The maximum absolute atomic E-state index is 14.2. The van der Waals surface area contributed by atoms with Gasteiger partial charge >= 0.3 is 0 Å². The van der Waals surface area contributed by atoms with Gasteiger partial charge in [0.15, 0.2) is 0 Å². The third kappa shape index (κ3) is 4.72. The maximum Gasteiger partial charge on any atom is 0.226 e. The first-order chi connectivity index (χ1) is 19.6. The highest BCUT2D eigenvalue weighted by Crippen LogP contribution is 2.77. The van der Waals surface area contributed by atoms with Gasteiger partial charge in [-0.25, -0.2) is 0 Å². The molecule has 5 heteroatoms. The standard InChI is InChI=1S/C37H62N2O3/c1-24(2)26-14-19-37(32(42)39-23-11-9-10-22-38-25(3)40)21-20-35(7)27(31(26)37)12-13-29-34(6)17-16-30(41)33(4,5)28(34)15-18-36(29,35)8/h26-31,41H,1,9-23H2,2-8H3,(H,38,40)(H,39,42)/t26-,27?,28-,29+,30-,31?,34-,35+,36+,37-/m0/s1. The molecule has 5 aliphatic rings. The van der Waals surface area contributed by atoms with Crippen molar-refractivity contribution in [2.45, 2.75) is 138 Å². The van der Waals surface area contributed by atoms with Crippen molar-refractivity contribution in [3.8, 4) is 0 Å². The van der Waals surface area contributed by atoms with Crippen molar-refractivity contribution in [2.75, 3.05) is 13.1 Å². The van der Waals surface area contributed by atoms with E-state index in [1.165, 1.54) is 31.3 Å². The Balaban J connectivity index is 1.37. The fraction of sp³-hybridized carbons (Fsp3) is 0.892. The number of unbranched alkanes of at least 4 members (excludes halogenated alkanes) is 2. The number of rotatable bonds is 8. The Kier molecular flexibility index (Phi) is 8.56. The molecule has 0 aliphatic heterocycles. The lowest BCUT2D eigenvalue weighted by Gasteiger charge is -2.72. The molecule has 5 aliphatic carbocycles. The Hall–Kier alpha value is -1.36. The lowest BCUT2D eigenvalue weighted by atomic mass is 9.32. The molecule has 3 N–H and O–H groups in total. The van der Waals surface area contributed by atoms with E-state index in [4.69, 9.17) is 0 Å². The molecule has 0 aromatic rings. The summed E-state index contributed by atoms with van der Waals surface area (Å²) in [4.78, 5) is 25.3. The molecule has 42 heavy (non-hydrogen) atoms. The fourth-order valence-electron chi connectivity index (χ4n) is 12.6. The van der Waals surface area contributed by atoms with Crippen LogP contribution in [0.15, 0.2) is 12.2 Å². The third-order valence-corrected chi connectivity index (χ3v) is 15.0. The van der Waals surface area contributed by atoms with Crippen LogP contribution in [0.5, 0.6) is 0 Å². The van der Waals surface area contributed by atoms with E-state index in [1.54, 1.807) is 6.92 Å². The lowest BCUT2D eigenvalue weighted by Crippen LogP contribution is -2.67. The maximum atomic E-state index is 14.2. The van der Waals surface area contributed by atoms with Gasteiger partial charge in [0, 0.05) is 20.0 Å². The van der Waals surface area contributed by atoms with Crippen molar-refractivity contribution in [3.05, 3.63) is 12.2 Å². The molecule has 5 nitrogen and oxygen atoms in total. The topological polar surface area (TPSA) is 78.4 Å². The number of hydrogen-bond acceptors (Lipinski definition) is 3. The molecular formula is C37H62N2O3. The third-order valence-electron chi connectivity index (χ3n) is 15.0. The largest absolute Gasteiger partial charge is 0.393 e. The molecule has 5 rings (SSSR count). The Morgan fingerprint density at radius 1 is 0.762 bits per heavy atom. The number of carbonyl (C=O) groups excluding carboxylic acids is 2.